The summed E-state index contributed by atoms with van der Waals surface area (Å²) in [6, 6.07) is 10.6. The highest BCUT2D eigenvalue weighted by atomic mass is 127. The fraction of sp³-hybridized carbons (Fsp3) is 0.0714. The second kappa shape index (κ2) is 6.11. The second-order valence-electron chi connectivity index (χ2n) is 4.07. The summed E-state index contributed by atoms with van der Waals surface area (Å²) in [7, 11) is 0. The summed E-state index contributed by atoms with van der Waals surface area (Å²) >= 11 is 14.2. The van der Waals surface area contributed by atoms with Crippen molar-refractivity contribution in [2.75, 3.05) is 5.32 Å². The van der Waals surface area contributed by atoms with Gasteiger partial charge in [0.15, 0.2) is 0 Å². The van der Waals surface area contributed by atoms with E-state index in [-0.39, 0.29) is 5.91 Å². The second-order valence-corrected chi connectivity index (χ2v) is 6.04. The van der Waals surface area contributed by atoms with E-state index in [1.807, 2.05) is 13.0 Å². The Morgan fingerprint density at radius 3 is 2.47 bits per heavy atom. The van der Waals surface area contributed by atoms with Gasteiger partial charge in [0.2, 0.25) is 0 Å². The molecule has 0 heterocycles. The Kier molecular flexibility index (Phi) is 4.71. The molecule has 0 saturated carbocycles. The van der Waals surface area contributed by atoms with Crippen molar-refractivity contribution in [1.82, 2.24) is 0 Å². The highest BCUT2D eigenvalue weighted by molar-refractivity contribution is 14.1. The zero-order valence-corrected chi connectivity index (χ0v) is 13.7. The van der Waals surface area contributed by atoms with E-state index in [1.165, 1.54) is 0 Å². The minimum atomic E-state index is -0.232. The maximum Gasteiger partial charge on any atom is 0.255 e. The standard InChI is InChI=1S/C14H10Cl2INO/c1-8-2-5-13(11(16)6-8)18-14(19)9-3-4-12(17)10(15)7-9/h2-7H,1H3,(H,18,19). The third-order valence-electron chi connectivity index (χ3n) is 2.55. The van der Waals surface area contributed by atoms with Crippen LogP contribution in [0.25, 0.3) is 0 Å². The normalized spacial score (nSPS) is 10.3. The van der Waals surface area contributed by atoms with Gasteiger partial charge in [0, 0.05) is 9.13 Å². The molecule has 0 bridgehead atoms. The molecular formula is C14H10Cl2INO. The van der Waals surface area contributed by atoms with Crippen LogP contribution < -0.4 is 5.32 Å². The molecule has 0 saturated heterocycles. The van der Waals surface area contributed by atoms with E-state index in [4.69, 9.17) is 23.2 Å². The zero-order chi connectivity index (χ0) is 14.0. The first kappa shape index (κ1) is 14.6. The van der Waals surface area contributed by atoms with Crippen LogP contribution in [-0.2, 0) is 0 Å². The topological polar surface area (TPSA) is 29.1 Å². The number of anilines is 1. The number of carbonyl (C=O) groups excluding carboxylic acids is 1. The first-order valence-corrected chi connectivity index (χ1v) is 7.33. The molecule has 2 rings (SSSR count). The minimum absolute atomic E-state index is 0.232. The van der Waals surface area contributed by atoms with Gasteiger partial charge < -0.3 is 5.32 Å². The molecule has 0 unspecified atom stereocenters. The number of hydrogen-bond donors (Lipinski definition) is 1. The lowest BCUT2D eigenvalue weighted by Crippen LogP contribution is -2.12. The molecule has 5 heteroatoms. The molecule has 98 valence electrons. The van der Waals surface area contributed by atoms with Crippen LogP contribution in [0, 0.1) is 10.5 Å². The lowest BCUT2D eigenvalue weighted by molar-refractivity contribution is 0.102. The fourth-order valence-electron chi connectivity index (χ4n) is 1.55. The SMILES string of the molecule is Cc1ccc(NC(=O)c2ccc(I)c(Cl)c2)c(Cl)c1. The Balaban J connectivity index is 2.23. The number of halogens is 3. The van der Waals surface area contributed by atoms with Gasteiger partial charge in [-0.2, -0.15) is 0 Å². The molecule has 0 aromatic heterocycles. The molecular weight excluding hydrogens is 396 g/mol. The first-order valence-electron chi connectivity index (χ1n) is 5.50. The third kappa shape index (κ3) is 3.61. The van der Waals surface area contributed by atoms with E-state index in [9.17, 15) is 4.79 Å². The molecule has 0 atom stereocenters. The van der Waals surface area contributed by atoms with E-state index >= 15 is 0 Å². The number of benzene rings is 2. The molecule has 0 aliphatic rings. The minimum Gasteiger partial charge on any atom is -0.321 e. The number of aryl methyl sites for hydroxylation is 1. The Morgan fingerprint density at radius 2 is 1.84 bits per heavy atom. The molecule has 0 spiro atoms. The van der Waals surface area contributed by atoms with Crippen molar-refractivity contribution in [3.8, 4) is 0 Å². The third-order valence-corrected chi connectivity index (χ3v) is 4.44. The lowest BCUT2D eigenvalue weighted by atomic mass is 10.2. The number of hydrogen-bond acceptors (Lipinski definition) is 1. The summed E-state index contributed by atoms with van der Waals surface area (Å²) in [5.41, 5.74) is 2.13. The molecule has 2 aromatic rings. The van der Waals surface area contributed by atoms with Gasteiger partial charge in [-0.15, -0.1) is 0 Å². The van der Waals surface area contributed by atoms with Crippen LogP contribution in [0.2, 0.25) is 10.0 Å². The van der Waals surface area contributed by atoms with E-state index in [1.54, 1.807) is 30.3 Å². The molecule has 0 aliphatic heterocycles. The van der Waals surface area contributed by atoms with Crippen LogP contribution in [-0.4, -0.2) is 5.91 Å². The van der Waals surface area contributed by atoms with Crippen molar-refractivity contribution in [2.45, 2.75) is 6.92 Å². The van der Waals surface area contributed by atoms with Crippen LogP contribution in [0.5, 0.6) is 0 Å². The van der Waals surface area contributed by atoms with Gasteiger partial charge in [-0.3, -0.25) is 4.79 Å². The molecule has 19 heavy (non-hydrogen) atoms. The monoisotopic (exact) mass is 405 g/mol. The van der Waals surface area contributed by atoms with Gasteiger partial charge in [-0.05, 0) is 65.4 Å². The number of amides is 1. The fourth-order valence-corrected chi connectivity index (χ4v) is 2.35. The zero-order valence-electron chi connectivity index (χ0n) is 10.0. The maximum absolute atomic E-state index is 12.1. The molecule has 0 fully saturated rings. The predicted molar refractivity (Wildman–Crippen MR) is 88.3 cm³/mol. The van der Waals surface area contributed by atoms with Gasteiger partial charge in [0.25, 0.3) is 5.91 Å². The molecule has 0 radical (unpaired) electrons. The maximum atomic E-state index is 12.1. The smallest absolute Gasteiger partial charge is 0.255 e. The summed E-state index contributed by atoms with van der Waals surface area (Å²) in [4.78, 5) is 12.1. The van der Waals surface area contributed by atoms with Crippen molar-refractivity contribution in [3.63, 3.8) is 0 Å². The Hall–Kier alpha value is -0.780. The summed E-state index contributed by atoms with van der Waals surface area (Å²) in [5, 5.41) is 3.85. The summed E-state index contributed by atoms with van der Waals surface area (Å²) < 4.78 is 0.907. The van der Waals surface area contributed by atoms with Gasteiger partial charge in [0.05, 0.1) is 15.7 Å². The van der Waals surface area contributed by atoms with Gasteiger partial charge in [-0.25, -0.2) is 0 Å². The average molecular weight is 406 g/mol. The van der Waals surface area contributed by atoms with Crippen LogP contribution in [0.3, 0.4) is 0 Å². The Labute approximate surface area is 135 Å². The predicted octanol–water partition coefficient (Wildman–Crippen LogP) is 5.16. The van der Waals surface area contributed by atoms with Crippen molar-refractivity contribution in [3.05, 3.63) is 61.1 Å². The van der Waals surface area contributed by atoms with Crippen LogP contribution >= 0.6 is 45.8 Å². The van der Waals surface area contributed by atoms with Gasteiger partial charge in [0.1, 0.15) is 0 Å². The number of rotatable bonds is 2. The van der Waals surface area contributed by atoms with Crippen molar-refractivity contribution < 1.29 is 4.79 Å². The molecule has 2 nitrogen and oxygen atoms in total. The van der Waals surface area contributed by atoms with Crippen LogP contribution in [0.4, 0.5) is 5.69 Å². The molecule has 1 amide bonds. The van der Waals surface area contributed by atoms with Crippen LogP contribution in [0.1, 0.15) is 15.9 Å². The van der Waals surface area contributed by atoms with Crippen molar-refractivity contribution in [2.24, 2.45) is 0 Å². The lowest BCUT2D eigenvalue weighted by Gasteiger charge is -2.08. The Bertz CT molecular complexity index is 643. The first-order chi connectivity index (χ1) is 8.97. The number of nitrogens with one attached hydrogen (secondary N) is 1. The van der Waals surface area contributed by atoms with E-state index in [0.717, 1.165) is 9.13 Å². The van der Waals surface area contributed by atoms with Gasteiger partial charge >= 0.3 is 0 Å². The average Bonchev–Trinajstić information content (AvgIpc) is 2.36. The largest absolute Gasteiger partial charge is 0.321 e. The van der Waals surface area contributed by atoms with Crippen molar-refractivity contribution >= 4 is 57.4 Å². The van der Waals surface area contributed by atoms with Crippen LogP contribution in [0.15, 0.2) is 36.4 Å². The summed E-state index contributed by atoms with van der Waals surface area (Å²) in [6.45, 7) is 1.94. The highest BCUT2D eigenvalue weighted by Gasteiger charge is 2.10. The highest BCUT2D eigenvalue weighted by Crippen LogP contribution is 2.24. The Morgan fingerprint density at radius 1 is 1.11 bits per heavy atom. The van der Waals surface area contributed by atoms with E-state index in [2.05, 4.69) is 27.9 Å². The summed E-state index contributed by atoms with van der Waals surface area (Å²) in [6.07, 6.45) is 0. The summed E-state index contributed by atoms with van der Waals surface area (Å²) in [5.74, 6) is -0.232. The van der Waals surface area contributed by atoms with Gasteiger partial charge in [-0.1, -0.05) is 29.3 Å². The molecule has 0 aliphatic carbocycles. The number of carbonyl (C=O) groups is 1. The van der Waals surface area contributed by atoms with E-state index in [0.29, 0.717) is 21.3 Å². The quantitative estimate of drug-likeness (QED) is 0.687. The van der Waals surface area contributed by atoms with Crippen molar-refractivity contribution in [1.29, 1.82) is 0 Å². The molecule has 1 N–H and O–H groups in total. The van der Waals surface area contributed by atoms with E-state index < -0.39 is 0 Å². The molecule has 2 aromatic carbocycles.